The van der Waals surface area contributed by atoms with Crippen LogP contribution < -0.4 is 0 Å². The Morgan fingerprint density at radius 1 is 1.30 bits per heavy atom. The van der Waals surface area contributed by atoms with E-state index in [4.69, 9.17) is 4.74 Å². The number of sulfone groups is 1. The van der Waals surface area contributed by atoms with E-state index >= 15 is 0 Å². The van der Waals surface area contributed by atoms with Crippen molar-refractivity contribution in [3.05, 3.63) is 29.8 Å². The summed E-state index contributed by atoms with van der Waals surface area (Å²) in [5.41, 5.74) is 0.360. The number of rotatable bonds is 4. The van der Waals surface area contributed by atoms with Gasteiger partial charge < -0.3 is 9.64 Å². The van der Waals surface area contributed by atoms with E-state index in [9.17, 15) is 18.0 Å². The first-order valence-electron chi connectivity index (χ1n) is 7.20. The van der Waals surface area contributed by atoms with Gasteiger partial charge in [-0.2, -0.15) is 11.8 Å². The summed E-state index contributed by atoms with van der Waals surface area (Å²) in [6.45, 7) is 2.45. The Hall–Kier alpha value is -1.54. The van der Waals surface area contributed by atoms with E-state index in [1.54, 1.807) is 18.7 Å². The zero-order valence-electron chi connectivity index (χ0n) is 13.0. The molecular weight excluding hydrogens is 338 g/mol. The average Bonchev–Trinajstić information content (AvgIpc) is 2.54. The fraction of sp³-hybridized carbons (Fsp3) is 0.467. The van der Waals surface area contributed by atoms with Gasteiger partial charge in [-0.3, -0.25) is 4.79 Å². The third-order valence-corrected chi connectivity index (χ3v) is 5.63. The molecule has 1 atom stereocenters. The van der Waals surface area contributed by atoms with Gasteiger partial charge in [0.05, 0.1) is 11.5 Å². The minimum Gasteiger partial charge on any atom is -0.464 e. The number of ether oxygens (including phenoxy) is 1. The van der Waals surface area contributed by atoms with Gasteiger partial charge in [0.2, 0.25) is 0 Å². The van der Waals surface area contributed by atoms with Crippen molar-refractivity contribution in [1.82, 2.24) is 4.90 Å². The molecule has 1 heterocycles. The summed E-state index contributed by atoms with van der Waals surface area (Å²) in [5, 5.41) is 0. The summed E-state index contributed by atoms with van der Waals surface area (Å²) in [7, 11) is -3.30. The van der Waals surface area contributed by atoms with Gasteiger partial charge >= 0.3 is 5.97 Å². The molecule has 0 aromatic heterocycles. The molecule has 0 spiro atoms. The van der Waals surface area contributed by atoms with Crippen LogP contribution in [0.3, 0.4) is 0 Å². The molecule has 0 aliphatic carbocycles. The maximum absolute atomic E-state index is 12.6. The van der Waals surface area contributed by atoms with Crippen molar-refractivity contribution in [1.29, 1.82) is 0 Å². The SMILES string of the molecule is CCOC(=O)[C@@H]1CSCCN1C(=O)c1ccc(S(C)(=O)=O)cc1. The Kier molecular flexibility index (Phi) is 5.69. The molecule has 126 valence electrons. The van der Waals surface area contributed by atoms with Crippen LogP contribution in [0, 0.1) is 0 Å². The predicted octanol–water partition coefficient (Wildman–Crippen LogP) is 1.21. The molecule has 0 unspecified atom stereocenters. The van der Waals surface area contributed by atoms with Gasteiger partial charge in [0.15, 0.2) is 9.84 Å². The highest BCUT2D eigenvalue weighted by molar-refractivity contribution is 7.99. The van der Waals surface area contributed by atoms with Crippen molar-refractivity contribution in [3.63, 3.8) is 0 Å². The van der Waals surface area contributed by atoms with E-state index in [1.165, 1.54) is 29.2 Å². The molecule has 1 saturated heterocycles. The lowest BCUT2D eigenvalue weighted by atomic mass is 10.1. The van der Waals surface area contributed by atoms with E-state index in [-0.39, 0.29) is 17.4 Å². The molecule has 1 aromatic rings. The quantitative estimate of drug-likeness (QED) is 0.754. The second-order valence-electron chi connectivity index (χ2n) is 5.14. The third kappa shape index (κ3) is 4.26. The second-order valence-corrected chi connectivity index (χ2v) is 8.30. The first kappa shape index (κ1) is 17.8. The molecule has 6 nitrogen and oxygen atoms in total. The lowest BCUT2D eigenvalue weighted by Crippen LogP contribution is -2.51. The molecule has 0 saturated carbocycles. The molecule has 1 aliphatic rings. The fourth-order valence-corrected chi connectivity index (χ4v) is 3.95. The molecule has 1 aliphatic heterocycles. The number of thioether (sulfide) groups is 1. The standard InChI is InChI=1S/C15H19NO5S2/c1-3-21-15(18)13-10-22-9-8-16(13)14(17)11-4-6-12(7-5-11)23(2,19)20/h4-7,13H,3,8-10H2,1-2H3/t13-/m0/s1. The maximum atomic E-state index is 12.6. The van der Waals surface area contributed by atoms with Crippen molar-refractivity contribution in [2.45, 2.75) is 17.9 Å². The highest BCUT2D eigenvalue weighted by Crippen LogP contribution is 2.21. The summed E-state index contributed by atoms with van der Waals surface area (Å²) in [4.78, 5) is 26.3. The van der Waals surface area contributed by atoms with E-state index in [0.717, 1.165) is 12.0 Å². The number of nitrogens with zero attached hydrogens (tertiary/aromatic N) is 1. The smallest absolute Gasteiger partial charge is 0.329 e. The van der Waals surface area contributed by atoms with Crippen LogP contribution in [0.1, 0.15) is 17.3 Å². The highest BCUT2D eigenvalue weighted by atomic mass is 32.2. The van der Waals surface area contributed by atoms with Gasteiger partial charge in [0.25, 0.3) is 5.91 Å². The number of carbonyl (C=O) groups is 2. The van der Waals surface area contributed by atoms with Crippen molar-refractivity contribution in [2.24, 2.45) is 0 Å². The summed E-state index contributed by atoms with van der Waals surface area (Å²) in [6.07, 6.45) is 1.11. The van der Waals surface area contributed by atoms with Gasteiger partial charge in [0, 0.05) is 29.9 Å². The lowest BCUT2D eigenvalue weighted by molar-refractivity contribution is -0.147. The normalized spacial score (nSPS) is 18.5. The van der Waals surface area contributed by atoms with Crippen LogP contribution in [0.15, 0.2) is 29.2 Å². The van der Waals surface area contributed by atoms with Crippen molar-refractivity contribution >= 4 is 33.5 Å². The largest absolute Gasteiger partial charge is 0.464 e. The predicted molar refractivity (Wildman–Crippen MR) is 88.3 cm³/mol. The molecule has 1 amide bonds. The summed E-state index contributed by atoms with van der Waals surface area (Å²) in [5.74, 6) is 0.568. The lowest BCUT2D eigenvalue weighted by Gasteiger charge is -2.33. The maximum Gasteiger partial charge on any atom is 0.329 e. The minimum absolute atomic E-state index is 0.158. The van der Waals surface area contributed by atoms with Crippen LogP contribution in [-0.4, -0.2) is 62.1 Å². The number of hydrogen-bond acceptors (Lipinski definition) is 6. The van der Waals surface area contributed by atoms with Crippen LogP contribution in [0.4, 0.5) is 0 Å². The van der Waals surface area contributed by atoms with Crippen LogP contribution in [-0.2, 0) is 19.4 Å². The van der Waals surface area contributed by atoms with E-state index in [0.29, 0.717) is 17.9 Å². The average molecular weight is 357 g/mol. The van der Waals surface area contributed by atoms with Crippen LogP contribution >= 0.6 is 11.8 Å². The first-order valence-corrected chi connectivity index (χ1v) is 10.2. The van der Waals surface area contributed by atoms with Gasteiger partial charge in [-0.05, 0) is 31.2 Å². The molecule has 0 radical (unpaired) electrons. The zero-order chi connectivity index (χ0) is 17.0. The number of benzene rings is 1. The van der Waals surface area contributed by atoms with Gasteiger partial charge in [-0.1, -0.05) is 0 Å². The highest BCUT2D eigenvalue weighted by Gasteiger charge is 2.34. The van der Waals surface area contributed by atoms with Gasteiger partial charge in [-0.25, -0.2) is 13.2 Å². The Balaban J connectivity index is 2.21. The van der Waals surface area contributed by atoms with Gasteiger partial charge in [-0.15, -0.1) is 0 Å². The van der Waals surface area contributed by atoms with Crippen molar-refractivity contribution in [3.8, 4) is 0 Å². The third-order valence-electron chi connectivity index (χ3n) is 3.48. The van der Waals surface area contributed by atoms with E-state index < -0.39 is 21.8 Å². The topological polar surface area (TPSA) is 80.8 Å². The number of hydrogen-bond donors (Lipinski definition) is 0. The van der Waals surface area contributed by atoms with Crippen LogP contribution in [0.25, 0.3) is 0 Å². The minimum atomic E-state index is -3.30. The van der Waals surface area contributed by atoms with Crippen LogP contribution in [0.2, 0.25) is 0 Å². The monoisotopic (exact) mass is 357 g/mol. The number of amides is 1. The zero-order valence-corrected chi connectivity index (χ0v) is 14.7. The molecule has 1 fully saturated rings. The molecule has 1 aromatic carbocycles. The molecule has 0 bridgehead atoms. The van der Waals surface area contributed by atoms with Crippen molar-refractivity contribution < 1.29 is 22.7 Å². The van der Waals surface area contributed by atoms with Gasteiger partial charge in [0.1, 0.15) is 6.04 Å². The summed E-state index contributed by atoms with van der Waals surface area (Å²) < 4.78 is 28.0. The molecule has 2 rings (SSSR count). The van der Waals surface area contributed by atoms with E-state index in [2.05, 4.69) is 0 Å². The Bertz CT molecular complexity index is 684. The Labute approximate surface area is 140 Å². The fourth-order valence-electron chi connectivity index (χ4n) is 2.29. The number of carbonyl (C=O) groups excluding carboxylic acids is 2. The van der Waals surface area contributed by atoms with Crippen molar-refractivity contribution in [2.75, 3.05) is 30.9 Å². The first-order chi connectivity index (χ1) is 10.8. The summed E-state index contributed by atoms with van der Waals surface area (Å²) >= 11 is 1.61. The molecular formula is C15H19NO5S2. The summed E-state index contributed by atoms with van der Waals surface area (Å²) in [6, 6.07) is 5.16. The second kappa shape index (κ2) is 7.35. The Morgan fingerprint density at radius 2 is 1.96 bits per heavy atom. The Morgan fingerprint density at radius 3 is 2.52 bits per heavy atom. The number of esters is 1. The van der Waals surface area contributed by atoms with E-state index in [1.807, 2.05) is 0 Å². The molecule has 8 heteroatoms. The molecule has 23 heavy (non-hydrogen) atoms. The van der Waals surface area contributed by atoms with Crippen LogP contribution in [0.5, 0.6) is 0 Å². The molecule has 0 N–H and O–H groups in total.